The Balaban J connectivity index is 1.61. The first-order chi connectivity index (χ1) is 13.0. The van der Waals surface area contributed by atoms with E-state index in [-0.39, 0.29) is 18.2 Å². The number of nitrogens with zero attached hydrogens (tertiary/aromatic N) is 2. The number of aromatic nitrogens is 1. The summed E-state index contributed by atoms with van der Waals surface area (Å²) in [5.41, 5.74) is 1.58. The largest absolute Gasteiger partial charge is 0.473 e. The summed E-state index contributed by atoms with van der Waals surface area (Å²) in [4.78, 5) is 19.4. The van der Waals surface area contributed by atoms with Crippen molar-refractivity contribution < 1.29 is 14.3 Å². The van der Waals surface area contributed by atoms with Crippen LogP contribution < -0.4 is 15.4 Å². The zero-order valence-electron chi connectivity index (χ0n) is 16.8. The van der Waals surface area contributed by atoms with Gasteiger partial charge in [-0.05, 0) is 58.1 Å². The molecule has 1 aliphatic carbocycles. The molecule has 0 spiro atoms. The predicted octanol–water partition coefficient (Wildman–Crippen LogP) is 2.94. The molecule has 1 aromatic rings. The van der Waals surface area contributed by atoms with E-state index >= 15 is 0 Å². The van der Waals surface area contributed by atoms with Gasteiger partial charge in [0.1, 0.15) is 5.69 Å². The van der Waals surface area contributed by atoms with E-state index in [2.05, 4.69) is 20.5 Å². The molecule has 3 rings (SSSR count). The lowest BCUT2D eigenvalue weighted by Gasteiger charge is -2.30. The summed E-state index contributed by atoms with van der Waals surface area (Å²) in [6.07, 6.45) is 6.38. The molecule has 1 unspecified atom stereocenters. The van der Waals surface area contributed by atoms with Crippen LogP contribution in [0.1, 0.15) is 45.1 Å². The van der Waals surface area contributed by atoms with Crippen molar-refractivity contribution >= 4 is 11.7 Å². The second-order valence-electron chi connectivity index (χ2n) is 7.88. The lowest BCUT2D eigenvalue weighted by atomic mass is 10.1. The average molecular weight is 377 g/mol. The Morgan fingerprint density at radius 3 is 2.85 bits per heavy atom. The van der Waals surface area contributed by atoms with Crippen LogP contribution in [-0.2, 0) is 4.74 Å². The van der Waals surface area contributed by atoms with Gasteiger partial charge in [0.05, 0.1) is 12.2 Å². The maximum Gasteiger partial charge on any atom is 0.319 e. The molecule has 7 heteroatoms. The summed E-state index contributed by atoms with van der Waals surface area (Å²) >= 11 is 0. The Hall–Kier alpha value is -1.86. The average Bonchev–Trinajstić information content (AvgIpc) is 3.25. The Kier molecular flexibility index (Phi) is 6.55. The van der Waals surface area contributed by atoms with Gasteiger partial charge in [0.2, 0.25) is 5.88 Å². The molecule has 1 saturated heterocycles. The zero-order valence-corrected chi connectivity index (χ0v) is 16.8. The lowest BCUT2D eigenvalue weighted by Crippen LogP contribution is -2.49. The highest BCUT2D eigenvalue weighted by Gasteiger charge is 2.36. The maximum atomic E-state index is 12.6. The molecule has 27 heavy (non-hydrogen) atoms. The number of likely N-dealkylation sites (tertiary alicyclic amines) is 1. The van der Waals surface area contributed by atoms with Crippen LogP contribution in [0.5, 0.6) is 5.88 Å². The van der Waals surface area contributed by atoms with Crippen molar-refractivity contribution in [3.63, 3.8) is 0 Å². The van der Waals surface area contributed by atoms with Gasteiger partial charge in [-0.1, -0.05) is 0 Å². The van der Waals surface area contributed by atoms with Gasteiger partial charge in [0, 0.05) is 38.5 Å². The second-order valence-corrected chi connectivity index (χ2v) is 7.88. The molecule has 0 aromatic carbocycles. The smallest absolute Gasteiger partial charge is 0.319 e. The third-order valence-corrected chi connectivity index (χ3v) is 5.36. The SMILES string of the molecule is COC1CCN([C@@H]2CCC[C@@H]2NC(=O)Nc2cc(C)cnc2OC(C)C)C1. The van der Waals surface area contributed by atoms with Gasteiger partial charge in [-0.25, -0.2) is 9.78 Å². The number of carbonyl (C=O) groups is 1. The van der Waals surface area contributed by atoms with Crippen LogP contribution in [0.25, 0.3) is 0 Å². The van der Waals surface area contributed by atoms with Crippen molar-refractivity contribution in [1.29, 1.82) is 0 Å². The van der Waals surface area contributed by atoms with Gasteiger partial charge < -0.3 is 20.1 Å². The molecule has 0 bridgehead atoms. The van der Waals surface area contributed by atoms with Crippen LogP contribution in [0.3, 0.4) is 0 Å². The highest BCUT2D eigenvalue weighted by atomic mass is 16.5. The number of anilines is 1. The summed E-state index contributed by atoms with van der Waals surface area (Å²) in [6.45, 7) is 7.82. The van der Waals surface area contributed by atoms with E-state index in [0.717, 1.165) is 44.3 Å². The Morgan fingerprint density at radius 1 is 1.33 bits per heavy atom. The number of hydrogen-bond acceptors (Lipinski definition) is 5. The van der Waals surface area contributed by atoms with E-state index in [0.29, 0.717) is 23.7 Å². The monoisotopic (exact) mass is 376 g/mol. The molecule has 2 amide bonds. The molecule has 2 N–H and O–H groups in total. The quantitative estimate of drug-likeness (QED) is 0.798. The minimum atomic E-state index is -0.199. The minimum Gasteiger partial charge on any atom is -0.473 e. The van der Waals surface area contributed by atoms with E-state index < -0.39 is 0 Å². The van der Waals surface area contributed by atoms with Crippen molar-refractivity contribution in [1.82, 2.24) is 15.2 Å². The van der Waals surface area contributed by atoms with Gasteiger partial charge in [0.15, 0.2) is 0 Å². The highest BCUT2D eigenvalue weighted by molar-refractivity contribution is 5.90. The fourth-order valence-electron chi connectivity index (χ4n) is 4.08. The van der Waals surface area contributed by atoms with Crippen molar-refractivity contribution in [3.8, 4) is 5.88 Å². The third-order valence-electron chi connectivity index (χ3n) is 5.36. The number of amides is 2. The number of methoxy groups -OCH3 is 1. The minimum absolute atomic E-state index is 0.00748. The van der Waals surface area contributed by atoms with Gasteiger partial charge >= 0.3 is 6.03 Å². The van der Waals surface area contributed by atoms with E-state index in [9.17, 15) is 4.79 Å². The molecule has 150 valence electrons. The van der Waals surface area contributed by atoms with E-state index in [1.165, 1.54) is 0 Å². The van der Waals surface area contributed by atoms with Gasteiger partial charge in [-0.3, -0.25) is 4.90 Å². The molecule has 1 aromatic heterocycles. The first-order valence-electron chi connectivity index (χ1n) is 9.94. The standard InChI is InChI=1S/C20H32N4O3/c1-13(2)27-19-17(10-14(3)11-21-19)23-20(25)22-16-6-5-7-18(16)24-9-8-15(12-24)26-4/h10-11,13,15-16,18H,5-9,12H2,1-4H3,(H2,22,23,25)/t15?,16-,18+/m0/s1. The molecule has 2 heterocycles. The summed E-state index contributed by atoms with van der Waals surface area (Å²) in [5, 5.41) is 6.11. The van der Waals surface area contributed by atoms with E-state index in [1.807, 2.05) is 26.8 Å². The summed E-state index contributed by atoms with van der Waals surface area (Å²) in [6, 6.07) is 2.24. The molecule has 3 atom stereocenters. The number of aryl methyl sites for hydroxylation is 1. The molecule has 2 aliphatic rings. The first-order valence-corrected chi connectivity index (χ1v) is 9.94. The molecule has 2 fully saturated rings. The van der Waals surface area contributed by atoms with Crippen LogP contribution in [-0.4, -0.2) is 60.4 Å². The number of ether oxygens (including phenoxy) is 2. The zero-order chi connectivity index (χ0) is 19.4. The van der Waals surface area contributed by atoms with Gasteiger partial charge in [-0.15, -0.1) is 0 Å². The first kappa shape index (κ1) is 19.9. The molecular formula is C20H32N4O3. The number of urea groups is 1. The maximum absolute atomic E-state index is 12.6. The highest BCUT2D eigenvalue weighted by Crippen LogP contribution is 2.28. The number of pyridine rings is 1. The molecule has 1 saturated carbocycles. The molecule has 7 nitrogen and oxygen atoms in total. The number of rotatable bonds is 6. The van der Waals surface area contributed by atoms with Crippen molar-refractivity contribution in [2.45, 2.75) is 70.7 Å². The van der Waals surface area contributed by atoms with Gasteiger partial charge in [-0.2, -0.15) is 0 Å². The summed E-state index contributed by atoms with van der Waals surface area (Å²) in [7, 11) is 1.78. The van der Waals surface area contributed by atoms with Crippen molar-refractivity contribution in [2.75, 3.05) is 25.5 Å². The van der Waals surface area contributed by atoms with Crippen molar-refractivity contribution in [2.24, 2.45) is 0 Å². The van der Waals surface area contributed by atoms with Crippen LogP contribution in [0.2, 0.25) is 0 Å². The third kappa shape index (κ3) is 5.11. The Labute approximate surface area is 161 Å². The Bertz CT molecular complexity index is 652. The number of nitrogens with one attached hydrogen (secondary N) is 2. The van der Waals surface area contributed by atoms with E-state index in [4.69, 9.17) is 9.47 Å². The lowest BCUT2D eigenvalue weighted by molar-refractivity contribution is 0.0985. The Morgan fingerprint density at radius 2 is 2.15 bits per heavy atom. The van der Waals surface area contributed by atoms with Crippen LogP contribution in [0, 0.1) is 6.92 Å². The second kappa shape index (κ2) is 8.89. The predicted molar refractivity (Wildman–Crippen MR) is 105 cm³/mol. The molecule has 1 aliphatic heterocycles. The van der Waals surface area contributed by atoms with Crippen molar-refractivity contribution in [3.05, 3.63) is 17.8 Å². The number of carbonyl (C=O) groups excluding carboxylic acids is 1. The van der Waals surface area contributed by atoms with Crippen LogP contribution >= 0.6 is 0 Å². The number of hydrogen-bond donors (Lipinski definition) is 2. The molecule has 0 radical (unpaired) electrons. The fourth-order valence-corrected chi connectivity index (χ4v) is 4.08. The van der Waals surface area contributed by atoms with E-state index in [1.54, 1.807) is 13.3 Å². The fraction of sp³-hybridized carbons (Fsp3) is 0.700. The normalized spacial score (nSPS) is 25.7. The molecular weight excluding hydrogens is 344 g/mol. The van der Waals surface area contributed by atoms with Crippen LogP contribution in [0.4, 0.5) is 10.5 Å². The summed E-state index contributed by atoms with van der Waals surface area (Å²) in [5.74, 6) is 0.455. The summed E-state index contributed by atoms with van der Waals surface area (Å²) < 4.78 is 11.2. The van der Waals surface area contributed by atoms with Gasteiger partial charge in [0.25, 0.3) is 0 Å². The van der Waals surface area contributed by atoms with Crippen LogP contribution in [0.15, 0.2) is 12.3 Å². The topological polar surface area (TPSA) is 75.7 Å².